The molecule has 0 spiro atoms. The molecule has 5 N–H and O–H groups in total. The van der Waals surface area contributed by atoms with Crippen LogP contribution in [-0.4, -0.2) is 24.7 Å². The predicted octanol–water partition coefficient (Wildman–Crippen LogP) is 0.216. The van der Waals surface area contributed by atoms with Crippen molar-refractivity contribution in [3.63, 3.8) is 0 Å². The SMILES string of the molecule is O=P(O)(O)C(O)c1ccccc1.O=[PH](O)O. The van der Waals surface area contributed by atoms with E-state index in [-0.39, 0.29) is 5.56 Å². The van der Waals surface area contributed by atoms with Crippen molar-refractivity contribution in [2.24, 2.45) is 0 Å². The zero-order valence-electron chi connectivity index (χ0n) is 7.96. The normalized spacial score (nSPS) is 12.9. The van der Waals surface area contributed by atoms with Gasteiger partial charge in [-0.15, -0.1) is 0 Å². The molecule has 0 radical (unpaired) electrons. The van der Waals surface area contributed by atoms with Crippen molar-refractivity contribution in [2.45, 2.75) is 5.85 Å². The second kappa shape index (κ2) is 6.93. The molecule has 7 nitrogen and oxygen atoms in total. The summed E-state index contributed by atoms with van der Waals surface area (Å²) in [6.45, 7) is 0. The average molecular weight is 270 g/mol. The molecule has 16 heavy (non-hydrogen) atoms. The molecule has 1 unspecified atom stereocenters. The van der Waals surface area contributed by atoms with E-state index in [1.54, 1.807) is 18.2 Å². The van der Waals surface area contributed by atoms with Crippen LogP contribution in [0.5, 0.6) is 0 Å². The van der Waals surface area contributed by atoms with Gasteiger partial charge >= 0.3 is 15.9 Å². The fourth-order valence-electron chi connectivity index (χ4n) is 0.819. The monoisotopic (exact) mass is 270 g/mol. The molecule has 92 valence electrons. The van der Waals surface area contributed by atoms with Crippen LogP contribution >= 0.6 is 15.9 Å². The molecule has 0 aliphatic heterocycles. The summed E-state index contributed by atoms with van der Waals surface area (Å²) in [6, 6.07) is 7.84. The van der Waals surface area contributed by atoms with E-state index in [1.165, 1.54) is 12.1 Å². The molecular weight excluding hydrogens is 258 g/mol. The van der Waals surface area contributed by atoms with Gasteiger partial charge in [0.2, 0.25) is 0 Å². The molecule has 0 saturated heterocycles. The van der Waals surface area contributed by atoms with Crippen LogP contribution in [0.2, 0.25) is 0 Å². The second-order valence-corrected chi connectivity index (χ2v) is 4.89. The van der Waals surface area contributed by atoms with E-state index < -0.39 is 21.7 Å². The largest absolute Gasteiger partial charge is 0.376 e. The molecule has 0 aliphatic carbocycles. The number of hydrogen-bond donors (Lipinski definition) is 5. The second-order valence-electron chi connectivity index (χ2n) is 2.66. The molecule has 1 rings (SSSR count). The van der Waals surface area contributed by atoms with Gasteiger partial charge in [-0.3, -0.25) is 9.13 Å². The van der Waals surface area contributed by atoms with Crippen LogP contribution in [0.4, 0.5) is 0 Å². The van der Waals surface area contributed by atoms with E-state index in [0.717, 1.165) is 0 Å². The minimum absolute atomic E-state index is 0.228. The van der Waals surface area contributed by atoms with Crippen LogP contribution in [0.1, 0.15) is 11.4 Å². The number of aliphatic hydroxyl groups excluding tert-OH is 1. The van der Waals surface area contributed by atoms with E-state index >= 15 is 0 Å². The Morgan fingerprint density at radius 1 is 1.12 bits per heavy atom. The maximum absolute atomic E-state index is 10.6. The van der Waals surface area contributed by atoms with Gasteiger partial charge in [0.1, 0.15) is 0 Å². The van der Waals surface area contributed by atoms with E-state index in [9.17, 15) is 4.57 Å². The van der Waals surface area contributed by atoms with Crippen molar-refractivity contribution in [2.75, 3.05) is 0 Å². The molecule has 0 aliphatic rings. The van der Waals surface area contributed by atoms with Crippen molar-refractivity contribution >= 4 is 15.9 Å². The lowest BCUT2D eigenvalue weighted by Crippen LogP contribution is -1.97. The topological polar surface area (TPSA) is 135 Å². The first-order valence-corrected chi connectivity index (χ1v) is 6.93. The first-order valence-electron chi connectivity index (χ1n) is 3.95. The van der Waals surface area contributed by atoms with Crippen molar-refractivity contribution in [1.82, 2.24) is 0 Å². The summed E-state index contributed by atoms with van der Waals surface area (Å²) in [5.74, 6) is -1.71. The van der Waals surface area contributed by atoms with Crippen LogP contribution in [0, 0.1) is 0 Å². The van der Waals surface area contributed by atoms with E-state index in [2.05, 4.69) is 0 Å². The molecule has 1 atom stereocenters. The maximum Gasteiger partial charge on any atom is 0.358 e. The van der Waals surface area contributed by atoms with E-state index in [4.69, 9.17) is 29.2 Å². The van der Waals surface area contributed by atoms with Gasteiger partial charge in [0.25, 0.3) is 0 Å². The Labute approximate surface area is 92.1 Å². The highest BCUT2D eigenvalue weighted by Crippen LogP contribution is 2.49. The van der Waals surface area contributed by atoms with Crippen LogP contribution in [0.3, 0.4) is 0 Å². The van der Waals surface area contributed by atoms with Gasteiger partial charge in [0.15, 0.2) is 5.85 Å². The Balaban J connectivity index is 0.000000487. The highest BCUT2D eigenvalue weighted by molar-refractivity contribution is 7.51. The zero-order chi connectivity index (χ0) is 12.8. The first-order chi connectivity index (χ1) is 7.25. The van der Waals surface area contributed by atoms with Gasteiger partial charge < -0.3 is 24.7 Å². The molecule has 0 saturated carbocycles. The van der Waals surface area contributed by atoms with Gasteiger partial charge in [-0.25, -0.2) is 0 Å². The minimum Gasteiger partial charge on any atom is -0.376 e. The highest BCUT2D eigenvalue weighted by atomic mass is 31.2. The molecular formula is C7H12O7P2. The van der Waals surface area contributed by atoms with Gasteiger partial charge in [-0.2, -0.15) is 0 Å². The smallest absolute Gasteiger partial charge is 0.358 e. The quantitative estimate of drug-likeness (QED) is 0.485. The molecule has 9 heteroatoms. The summed E-state index contributed by atoms with van der Waals surface area (Å²) in [5, 5.41) is 9.09. The lowest BCUT2D eigenvalue weighted by atomic mass is 10.2. The Hall–Kier alpha value is -0.520. The number of hydrogen-bond acceptors (Lipinski definition) is 3. The third-order valence-electron chi connectivity index (χ3n) is 1.42. The summed E-state index contributed by atoms with van der Waals surface area (Å²) >= 11 is 0. The Morgan fingerprint density at radius 3 is 1.81 bits per heavy atom. The number of aliphatic hydroxyl groups is 1. The maximum atomic E-state index is 10.6. The molecule has 0 aromatic heterocycles. The summed E-state index contributed by atoms with van der Waals surface area (Å²) < 4.78 is 19.3. The van der Waals surface area contributed by atoms with Crippen molar-refractivity contribution in [3.8, 4) is 0 Å². The number of benzene rings is 1. The van der Waals surface area contributed by atoms with Gasteiger partial charge in [-0.05, 0) is 5.56 Å². The van der Waals surface area contributed by atoms with Gasteiger partial charge in [0, 0.05) is 0 Å². The summed E-state index contributed by atoms with van der Waals surface area (Å²) in [7, 11) is -7.55. The molecule has 0 amide bonds. The molecule has 0 heterocycles. The third-order valence-corrected chi connectivity index (χ3v) is 2.35. The van der Waals surface area contributed by atoms with Gasteiger partial charge in [0.05, 0.1) is 0 Å². The first kappa shape index (κ1) is 15.5. The summed E-state index contributed by atoms with van der Waals surface area (Å²) in [6.07, 6.45) is 0. The fraction of sp³-hybridized carbons (Fsp3) is 0.143. The molecule has 1 aromatic carbocycles. The average Bonchev–Trinajstić information content (AvgIpc) is 2.16. The molecule has 0 fully saturated rings. The van der Waals surface area contributed by atoms with Crippen LogP contribution < -0.4 is 0 Å². The lowest BCUT2D eigenvalue weighted by molar-refractivity contribution is 0.205. The van der Waals surface area contributed by atoms with Crippen molar-refractivity contribution < 1.29 is 33.8 Å². The lowest BCUT2D eigenvalue weighted by Gasteiger charge is -2.11. The molecule has 0 bridgehead atoms. The van der Waals surface area contributed by atoms with Crippen LogP contribution in [0.25, 0.3) is 0 Å². The van der Waals surface area contributed by atoms with Crippen LogP contribution in [-0.2, 0) is 9.13 Å². The molecule has 1 aromatic rings. The van der Waals surface area contributed by atoms with E-state index in [1.807, 2.05) is 0 Å². The van der Waals surface area contributed by atoms with Crippen molar-refractivity contribution in [3.05, 3.63) is 35.9 Å². The third kappa shape index (κ3) is 6.87. The Kier molecular flexibility index (Phi) is 6.71. The zero-order valence-corrected chi connectivity index (χ0v) is 9.86. The predicted molar refractivity (Wildman–Crippen MR) is 56.9 cm³/mol. The summed E-state index contributed by atoms with van der Waals surface area (Å²) in [4.78, 5) is 31.5. The minimum atomic E-state index is -4.42. The number of rotatable bonds is 2. The Bertz CT molecular complexity index is 370. The van der Waals surface area contributed by atoms with E-state index in [0.29, 0.717) is 0 Å². The standard InChI is InChI=1S/C7H9O4P.H3O3P/c8-7(12(9,10)11)6-4-2-1-3-5-6;1-4(2)3/h1-5,7-8H,(H2,9,10,11);4H,(H2,1,2,3). The summed E-state index contributed by atoms with van der Waals surface area (Å²) in [5.41, 5.74) is 0.228. The Morgan fingerprint density at radius 2 is 1.50 bits per heavy atom. The highest BCUT2D eigenvalue weighted by Gasteiger charge is 2.27. The van der Waals surface area contributed by atoms with Crippen LogP contribution in [0.15, 0.2) is 30.3 Å². The van der Waals surface area contributed by atoms with Crippen molar-refractivity contribution in [1.29, 1.82) is 0 Å². The van der Waals surface area contributed by atoms with Gasteiger partial charge in [-0.1, -0.05) is 30.3 Å². The fourth-order valence-corrected chi connectivity index (χ4v) is 1.38.